The molecule has 0 saturated carbocycles. The van der Waals surface area contributed by atoms with Crippen LogP contribution in [0.25, 0.3) is 0 Å². The van der Waals surface area contributed by atoms with Gasteiger partial charge in [-0.25, -0.2) is 0 Å². The molecule has 1 atom stereocenters. The van der Waals surface area contributed by atoms with Gasteiger partial charge in [0.1, 0.15) is 0 Å². The average molecular weight is 293 g/mol. The first kappa shape index (κ1) is 17.1. The van der Waals surface area contributed by atoms with Crippen LogP contribution in [0.4, 0.5) is 11.4 Å². The predicted octanol–water partition coefficient (Wildman–Crippen LogP) is 1.65. The predicted molar refractivity (Wildman–Crippen MR) is 83.2 cm³/mol. The molecular formula is C15H23N3O3. The number of nitrogens with two attached hydrogens (primary N) is 1. The highest BCUT2D eigenvalue weighted by atomic mass is 16.5. The van der Waals surface area contributed by atoms with Crippen molar-refractivity contribution in [1.82, 2.24) is 0 Å². The molecule has 4 N–H and O–H groups in total. The van der Waals surface area contributed by atoms with E-state index in [9.17, 15) is 9.59 Å². The summed E-state index contributed by atoms with van der Waals surface area (Å²) < 4.78 is 4.93. The lowest BCUT2D eigenvalue weighted by molar-refractivity contribution is -0.117. The summed E-state index contributed by atoms with van der Waals surface area (Å²) >= 11 is 0. The van der Waals surface area contributed by atoms with Crippen molar-refractivity contribution >= 4 is 23.2 Å². The van der Waals surface area contributed by atoms with E-state index in [1.807, 2.05) is 6.92 Å². The molecule has 0 aliphatic carbocycles. The molecular weight excluding hydrogens is 270 g/mol. The van der Waals surface area contributed by atoms with E-state index in [0.717, 1.165) is 17.7 Å². The number of amides is 2. The zero-order valence-electron chi connectivity index (χ0n) is 12.7. The first-order valence-electron chi connectivity index (χ1n) is 6.87. The van der Waals surface area contributed by atoms with Crippen LogP contribution in [0.2, 0.25) is 0 Å². The van der Waals surface area contributed by atoms with Gasteiger partial charge in [0, 0.05) is 32.0 Å². The number of nitrogens with one attached hydrogen (secondary N) is 2. The Morgan fingerprint density at radius 1 is 1.33 bits per heavy atom. The maximum atomic E-state index is 11.9. The second-order valence-corrected chi connectivity index (χ2v) is 4.94. The van der Waals surface area contributed by atoms with Gasteiger partial charge in [0.25, 0.3) is 0 Å². The molecule has 0 heterocycles. The molecule has 6 heteroatoms. The molecule has 0 radical (unpaired) electrons. The highest BCUT2D eigenvalue weighted by Gasteiger charge is 2.13. The molecule has 1 aromatic carbocycles. The molecule has 0 aromatic heterocycles. The number of carbonyl (C=O) groups is 2. The molecule has 0 aliphatic rings. The van der Waals surface area contributed by atoms with Gasteiger partial charge >= 0.3 is 0 Å². The maximum absolute atomic E-state index is 11.9. The van der Waals surface area contributed by atoms with Crippen LogP contribution in [-0.2, 0) is 14.3 Å². The van der Waals surface area contributed by atoms with Crippen LogP contribution in [-0.4, -0.2) is 31.6 Å². The Morgan fingerprint density at radius 3 is 2.62 bits per heavy atom. The lowest BCUT2D eigenvalue weighted by Crippen LogP contribution is -2.35. The Labute approximate surface area is 125 Å². The largest absolute Gasteiger partial charge is 0.385 e. The van der Waals surface area contributed by atoms with Crippen molar-refractivity contribution in [2.45, 2.75) is 32.7 Å². The number of aryl methyl sites for hydroxylation is 1. The fraction of sp³-hybridized carbons (Fsp3) is 0.467. The molecule has 6 nitrogen and oxygen atoms in total. The number of ether oxygens (including phenoxy) is 1. The van der Waals surface area contributed by atoms with Crippen LogP contribution in [0.3, 0.4) is 0 Å². The van der Waals surface area contributed by atoms with E-state index in [1.165, 1.54) is 6.92 Å². The van der Waals surface area contributed by atoms with Crippen molar-refractivity contribution in [3.05, 3.63) is 23.8 Å². The summed E-state index contributed by atoms with van der Waals surface area (Å²) in [7, 11) is 1.62. The van der Waals surface area contributed by atoms with Gasteiger partial charge in [-0.15, -0.1) is 0 Å². The molecule has 0 bridgehead atoms. The summed E-state index contributed by atoms with van der Waals surface area (Å²) in [6, 6.07) is 4.72. The summed E-state index contributed by atoms with van der Waals surface area (Å²) in [6.07, 6.45) is 1.31. The van der Waals surface area contributed by atoms with E-state index in [4.69, 9.17) is 10.5 Å². The Morgan fingerprint density at radius 2 is 2.05 bits per heavy atom. The maximum Gasteiger partial charge on any atom is 0.241 e. The molecule has 0 saturated heterocycles. The van der Waals surface area contributed by atoms with Crippen molar-refractivity contribution in [2.24, 2.45) is 5.73 Å². The van der Waals surface area contributed by atoms with Crippen LogP contribution in [0.1, 0.15) is 25.3 Å². The molecule has 1 unspecified atom stereocenters. The third-order valence-corrected chi connectivity index (χ3v) is 3.01. The van der Waals surface area contributed by atoms with E-state index in [-0.39, 0.29) is 11.8 Å². The summed E-state index contributed by atoms with van der Waals surface area (Å²) in [5.41, 5.74) is 8.07. The topological polar surface area (TPSA) is 93.4 Å². The highest BCUT2D eigenvalue weighted by molar-refractivity contribution is 5.95. The lowest BCUT2D eigenvalue weighted by Gasteiger charge is -2.13. The summed E-state index contributed by atoms with van der Waals surface area (Å²) in [4.78, 5) is 23.0. The Kier molecular flexibility index (Phi) is 6.84. The number of methoxy groups -OCH3 is 1. The molecule has 2 amide bonds. The molecule has 1 aromatic rings. The standard InChI is InChI=1S/C15H23N3O3/c1-10-9-12(6-7-14(10)17-11(2)19)18-15(20)13(16)5-4-8-21-3/h6-7,9,13H,4-5,8,16H2,1-3H3,(H,17,19)(H,18,20). The van der Waals surface area contributed by atoms with E-state index >= 15 is 0 Å². The minimum atomic E-state index is -0.560. The molecule has 0 aliphatic heterocycles. The second kappa shape index (κ2) is 8.39. The van der Waals surface area contributed by atoms with Crippen molar-refractivity contribution < 1.29 is 14.3 Å². The van der Waals surface area contributed by atoms with Gasteiger partial charge in [-0.1, -0.05) is 0 Å². The first-order chi connectivity index (χ1) is 9.93. The van der Waals surface area contributed by atoms with Crippen LogP contribution >= 0.6 is 0 Å². The van der Waals surface area contributed by atoms with Gasteiger partial charge in [0.15, 0.2) is 0 Å². The smallest absolute Gasteiger partial charge is 0.241 e. The van der Waals surface area contributed by atoms with Crippen molar-refractivity contribution in [3.63, 3.8) is 0 Å². The van der Waals surface area contributed by atoms with Crippen molar-refractivity contribution in [1.29, 1.82) is 0 Å². The normalized spacial score (nSPS) is 11.8. The van der Waals surface area contributed by atoms with Gasteiger partial charge in [0.05, 0.1) is 6.04 Å². The zero-order valence-corrected chi connectivity index (χ0v) is 12.7. The van der Waals surface area contributed by atoms with Gasteiger partial charge in [-0.05, 0) is 43.5 Å². The number of benzene rings is 1. The van der Waals surface area contributed by atoms with Crippen molar-refractivity contribution in [2.75, 3.05) is 24.4 Å². The van der Waals surface area contributed by atoms with Gasteiger partial charge in [-0.2, -0.15) is 0 Å². The number of rotatable bonds is 7. The minimum Gasteiger partial charge on any atom is -0.385 e. The SMILES string of the molecule is COCCCC(N)C(=O)Nc1ccc(NC(C)=O)c(C)c1. The molecule has 0 spiro atoms. The van der Waals surface area contributed by atoms with Crippen LogP contribution in [0.15, 0.2) is 18.2 Å². The van der Waals surface area contributed by atoms with E-state index in [2.05, 4.69) is 10.6 Å². The first-order valence-corrected chi connectivity index (χ1v) is 6.87. The quantitative estimate of drug-likeness (QED) is 0.666. The van der Waals surface area contributed by atoms with Gasteiger partial charge < -0.3 is 21.1 Å². The number of hydrogen-bond acceptors (Lipinski definition) is 4. The third-order valence-electron chi connectivity index (χ3n) is 3.01. The molecule has 116 valence electrons. The Bertz CT molecular complexity index is 503. The summed E-state index contributed by atoms with van der Waals surface area (Å²) in [5.74, 6) is -0.354. The number of carbonyl (C=O) groups excluding carboxylic acids is 2. The zero-order chi connectivity index (χ0) is 15.8. The monoisotopic (exact) mass is 293 g/mol. The minimum absolute atomic E-state index is 0.130. The van der Waals surface area contributed by atoms with Gasteiger partial charge in [0.2, 0.25) is 11.8 Å². The van der Waals surface area contributed by atoms with Crippen LogP contribution < -0.4 is 16.4 Å². The fourth-order valence-corrected chi connectivity index (χ4v) is 1.88. The number of anilines is 2. The number of hydrogen-bond donors (Lipinski definition) is 3. The highest BCUT2D eigenvalue weighted by Crippen LogP contribution is 2.19. The van der Waals surface area contributed by atoms with Crippen LogP contribution in [0, 0.1) is 6.92 Å². The Balaban J connectivity index is 2.60. The molecule has 0 fully saturated rings. The fourth-order valence-electron chi connectivity index (χ4n) is 1.88. The van der Waals surface area contributed by atoms with E-state index < -0.39 is 6.04 Å². The third kappa shape index (κ3) is 5.93. The summed E-state index contributed by atoms with van der Waals surface area (Å²) in [5, 5.41) is 5.49. The van der Waals surface area contributed by atoms with E-state index in [1.54, 1.807) is 25.3 Å². The van der Waals surface area contributed by atoms with Crippen LogP contribution in [0.5, 0.6) is 0 Å². The molecule has 21 heavy (non-hydrogen) atoms. The second-order valence-electron chi connectivity index (χ2n) is 4.94. The van der Waals surface area contributed by atoms with Crippen molar-refractivity contribution in [3.8, 4) is 0 Å². The summed E-state index contributed by atoms with van der Waals surface area (Å²) in [6.45, 7) is 3.90. The molecule has 1 rings (SSSR count). The average Bonchev–Trinajstić information content (AvgIpc) is 2.41. The lowest BCUT2D eigenvalue weighted by atomic mass is 10.1. The Hall–Kier alpha value is -1.92. The van der Waals surface area contributed by atoms with Gasteiger partial charge in [-0.3, -0.25) is 9.59 Å². The van der Waals surface area contributed by atoms with E-state index in [0.29, 0.717) is 18.7 Å².